The van der Waals surface area contributed by atoms with Gasteiger partial charge in [-0.15, -0.1) is 11.8 Å². The Morgan fingerprint density at radius 2 is 1.90 bits per heavy atom. The van der Waals surface area contributed by atoms with Gasteiger partial charge in [0.15, 0.2) is 11.5 Å². The van der Waals surface area contributed by atoms with Gasteiger partial charge in [0.2, 0.25) is 5.91 Å². The van der Waals surface area contributed by atoms with Gasteiger partial charge >= 0.3 is 0 Å². The number of pyridine rings is 1. The minimum absolute atomic E-state index is 0.0992. The fourth-order valence-electron chi connectivity index (χ4n) is 7.33. The van der Waals surface area contributed by atoms with Gasteiger partial charge < -0.3 is 25.1 Å². The molecule has 9 nitrogen and oxygen atoms in total. The lowest BCUT2D eigenvalue weighted by atomic mass is 9.80. The number of aryl methyl sites for hydroxylation is 1. The van der Waals surface area contributed by atoms with E-state index in [0.29, 0.717) is 45.7 Å². The number of aromatic amines is 1. The summed E-state index contributed by atoms with van der Waals surface area (Å²) in [5.41, 5.74) is 2.26. The molecule has 6 rings (SSSR count). The topological polar surface area (TPSA) is 113 Å². The molecule has 1 spiro atoms. The number of nitrogens with zero attached hydrogens (tertiary/aromatic N) is 1. The summed E-state index contributed by atoms with van der Waals surface area (Å²) in [5.74, 6) is 0.158. The van der Waals surface area contributed by atoms with E-state index in [1.165, 1.54) is 11.8 Å². The van der Waals surface area contributed by atoms with Crippen molar-refractivity contribution in [3.63, 3.8) is 0 Å². The number of fused-ring (bicyclic) bond motifs is 1. The van der Waals surface area contributed by atoms with Crippen molar-refractivity contribution >= 4 is 35.2 Å². The van der Waals surface area contributed by atoms with Crippen molar-refractivity contribution in [2.24, 2.45) is 11.3 Å². The Labute approximate surface area is 255 Å². The molecule has 3 N–H and O–H groups in total. The van der Waals surface area contributed by atoms with Gasteiger partial charge in [0, 0.05) is 77.6 Å². The number of H-pyrrole nitrogens is 1. The largest absolute Gasteiger partial charge is 0.448 e. The van der Waals surface area contributed by atoms with Crippen molar-refractivity contribution < 1.29 is 19.1 Å². The highest BCUT2D eigenvalue weighted by molar-refractivity contribution is 7.98. The van der Waals surface area contributed by atoms with Gasteiger partial charge in [-0.05, 0) is 70.9 Å². The number of hydrogen-bond acceptors (Lipinski definition) is 7. The van der Waals surface area contributed by atoms with Crippen LogP contribution in [0.2, 0.25) is 5.02 Å². The third-order valence-corrected chi connectivity index (χ3v) is 10.9. The Hall–Kier alpha value is -2.69. The highest BCUT2D eigenvalue weighted by atomic mass is 35.5. The first kappa shape index (κ1) is 29.4. The number of hydrogen-bond donors (Lipinski definition) is 3. The van der Waals surface area contributed by atoms with E-state index in [1.807, 2.05) is 33.1 Å². The summed E-state index contributed by atoms with van der Waals surface area (Å²) in [6, 6.07) is 4.04. The number of carbonyl (C=O) groups excluding carboxylic acids is 2. The molecule has 2 amide bonds. The molecule has 4 aliphatic rings. The molecule has 11 heteroatoms. The fraction of sp³-hybridized carbons (Fsp3) is 0.581. The summed E-state index contributed by atoms with van der Waals surface area (Å²) in [7, 11) is 0. The summed E-state index contributed by atoms with van der Waals surface area (Å²) in [6.45, 7) is 8.60. The zero-order valence-corrected chi connectivity index (χ0v) is 26.2. The molecule has 3 aliphatic heterocycles. The molecule has 3 fully saturated rings. The second-order valence-corrected chi connectivity index (χ2v) is 13.9. The predicted molar refractivity (Wildman–Crippen MR) is 163 cm³/mol. The Morgan fingerprint density at radius 1 is 1.17 bits per heavy atom. The van der Waals surface area contributed by atoms with Gasteiger partial charge in [0.1, 0.15) is 0 Å². The quantitative estimate of drug-likeness (QED) is 0.409. The number of carbonyl (C=O) groups is 2. The number of ether oxygens (including phenoxy) is 2. The second-order valence-electron chi connectivity index (χ2n) is 12.6. The molecule has 2 aromatic rings. The van der Waals surface area contributed by atoms with Crippen molar-refractivity contribution in [3.8, 4) is 11.5 Å². The maximum atomic E-state index is 13.3. The van der Waals surface area contributed by atoms with Crippen molar-refractivity contribution in [1.82, 2.24) is 20.5 Å². The average molecular weight is 615 g/mol. The van der Waals surface area contributed by atoms with Crippen LogP contribution < -0.4 is 25.7 Å². The molecule has 0 radical (unpaired) electrons. The van der Waals surface area contributed by atoms with E-state index in [0.717, 1.165) is 62.3 Å². The molecule has 1 aliphatic carbocycles. The van der Waals surface area contributed by atoms with Crippen molar-refractivity contribution in [3.05, 3.63) is 49.9 Å². The third kappa shape index (κ3) is 5.30. The number of aromatic nitrogens is 1. The fourth-order valence-corrected chi connectivity index (χ4v) is 8.27. The number of rotatable bonds is 6. The summed E-state index contributed by atoms with van der Waals surface area (Å²) in [6.07, 6.45) is 7.67. The summed E-state index contributed by atoms with van der Waals surface area (Å²) in [4.78, 5) is 43.9. The van der Waals surface area contributed by atoms with E-state index in [2.05, 4.69) is 20.5 Å². The van der Waals surface area contributed by atoms with Crippen LogP contribution in [0.4, 0.5) is 0 Å². The number of halogens is 1. The molecule has 226 valence electrons. The van der Waals surface area contributed by atoms with Crippen molar-refractivity contribution in [1.29, 1.82) is 0 Å². The molecular formula is C31H39ClN4O5S. The molecule has 1 unspecified atom stereocenters. The molecule has 1 aromatic heterocycles. The van der Waals surface area contributed by atoms with Crippen LogP contribution >= 0.6 is 23.4 Å². The molecular weight excluding hydrogens is 576 g/mol. The maximum absolute atomic E-state index is 13.3. The molecule has 0 bridgehead atoms. The van der Waals surface area contributed by atoms with E-state index < -0.39 is 5.79 Å². The molecule has 1 aromatic carbocycles. The maximum Gasteiger partial charge on any atom is 0.254 e. The Kier molecular flexibility index (Phi) is 7.77. The van der Waals surface area contributed by atoms with E-state index >= 15 is 0 Å². The highest BCUT2D eigenvalue weighted by Gasteiger charge is 2.50. The standard InChI is InChI=1S/C31H39ClN4O5S/c1-17-11-24(42-4)22(29(39)35-17)14-33-28(38)21-12-23(32)27-26(18(21)2)40-30(3,41-27)19-5-7-20(8-6-19)36-10-9-31(16-36)13-25(37)34-15-31/h11-12,19-20H,5-10,13-16H2,1-4H3,(H,33,38)(H,34,37)(H,35,39)/t19-,20+,30-,31?/m1/s1. The Balaban J connectivity index is 1.11. The first-order valence-electron chi connectivity index (χ1n) is 14.8. The lowest BCUT2D eigenvalue weighted by Gasteiger charge is -2.40. The van der Waals surface area contributed by atoms with E-state index in [-0.39, 0.29) is 35.3 Å². The SMILES string of the molecule is CSc1cc(C)[nH]c(=O)c1CNC(=O)c1cc(Cl)c2c(c1C)O[C@@](C)([C@H]1CC[C@@H](N3CCC4(CNC(=O)C4)C3)CC1)O2. The van der Waals surface area contributed by atoms with Gasteiger partial charge in [-0.3, -0.25) is 19.3 Å². The smallest absolute Gasteiger partial charge is 0.254 e. The van der Waals surface area contributed by atoms with Gasteiger partial charge in [-0.25, -0.2) is 0 Å². The van der Waals surface area contributed by atoms with E-state index in [1.54, 1.807) is 6.07 Å². The summed E-state index contributed by atoms with van der Waals surface area (Å²) in [5, 5.41) is 6.25. The number of nitrogens with one attached hydrogen (secondary N) is 3. The molecule has 42 heavy (non-hydrogen) atoms. The Bertz CT molecular complexity index is 1490. The minimum atomic E-state index is -0.868. The number of benzene rings is 1. The highest BCUT2D eigenvalue weighted by Crippen LogP contribution is 2.52. The van der Waals surface area contributed by atoms with Crippen LogP contribution in [-0.2, 0) is 11.3 Å². The summed E-state index contributed by atoms with van der Waals surface area (Å²) >= 11 is 8.14. The van der Waals surface area contributed by atoms with Crippen LogP contribution in [0, 0.1) is 25.2 Å². The average Bonchev–Trinajstić information content (AvgIpc) is 3.67. The zero-order valence-electron chi connectivity index (χ0n) is 24.7. The minimum Gasteiger partial charge on any atom is -0.448 e. The lowest BCUT2D eigenvalue weighted by Crippen LogP contribution is -2.47. The molecule has 2 atom stereocenters. The zero-order chi connectivity index (χ0) is 29.8. The van der Waals surface area contributed by atoms with Crippen LogP contribution in [0.25, 0.3) is 0 Å². The van der Waals surface area contributed by atoms with Gasteiger partial charge in [-0.2, -0.15) is 0 Å². The molecule has 4 heterocycles. The second kappa shape index (κ2) is 11.1. The predicted octanol–water partition coefficient (Wildman–Crippen LogP) is 4.56. The monoisotopic (exact) mass is 614 g/mol. The lowest BCUT2D eigenvalue weighted by molar-refractivity contribution is -0.124. The number of thioether (sulfide) groups is 1. The van der Waals surface area contributed by atoms with Crippen LogP contribution in [0.5, 0.6) is 11.5 Å². The molecule has 2 saturated heterocycles. The normalized spacial score (nSPS) is 28.8. The van der Waals surface area contributed by atoms with Crippen molar-refractivity contribution in [2.75, 3.05) is 25.9 Å². The summed E-state index contributed by atoms with van der Waals surface area (Å²) < 4.78 is 12.9. The van der Waals surface area contributed by atoms with Gasteiger partial charge in [-0.1, -0.05) is 11.6 Å². The first-order chi connectivity index (χ1) is 20.0. The van der Waals surface area contributed by atoms with Crippen molar-refractivity contribution in [2.45, 2.75) is 82.6 Å². The number of likely N-dealkylation sites (tertiary alicyclic amines) is 1. The Morgan fingerprint density at radius 3 is 2.60 bits per heavy atom. The van der Waals surface area contributed by atoms with Gasteiger partial charge in [0.25, 0.3) is 17.3 Å². The first-order valence-corrected chi connectivity index (χ1v) is 16.4. The van der Waals surface area contributed by atoms with Gasteiger partial charge in [0.05, 0.1) is 5.02 Å². The number of amides is 2. The van der Waals surface area contributed by atoms with Crippen LogP contribution in [-0.4, -0.2) is 59.4 Å². The van der Waals surface area contributed by atoms with Crippen LogP contribution in [0.3, 0.4) is 0 Å². The van der Waals surface area contributed by atoms with Crippen LogP contribution in [0.1, 0.15) is 72.6 Å². The van der Waals surface area contributed by atoms with Crippen LogP contribution in [0.15, 0.2) is 21.8 Å². The van der Waals surface area contributed by atoms with E-state index in [9.17, 15) is 14.4 Å². The van der Waals surface area contributed by atoms with E-state index in [4.69, 9.17) is 21.1 Å². The molecule has 1 saturated carbocycles. The third-order valence-electron chi connectivity index (χ3n) is 9.79.